The van der Waals surface area contributed by atoms with Gasteiger partial charge in [-0.05, 0) is 31.4 Å². The molecule has 0 bridgehead atoms. The fourth-order valence-corrected chi connectivity index (χ4v) is 1.64. The van der Waals surface area contributed by atoms with E-state index in [0.717, 1.165) is 30.5 Å². The number of carbonyl (C=O) groups is 1. The maximum Gasteiger partial charge on any atom is 0.227 e. The molecule has 1 heterocycles. The van der Waals surface area contributed by atoms with Gasteiger partial charge in [0.15, 0.2) is 0 Å². The summed E-state index contributed by atoms with van der Waals surface area (Å²) in [4.78, 5) is 15.6. The highest BCUT2D eigenvalue weighted by molar-refractivity contribution is 6.30. The Morgan fingerprint density at radius 2 is 2.33 bits per heavy atom. The number of hydrogen-bond donors (Lipinski definition) is 1. The van der Waals surface area contributed by atoms with Gasteiger partial charge in [0.1, 0.15) is 5.15 Å². The molecule has 1 fully saturated rings. The van der Waals surface area contributed by atoms with Gasteiger partial charge in [0, 0.05) is 5.92 Å². The van der Waals surface area contributed by atoms with E-state index in [2.05, 4.69) is 10.3 Å². The Bertz CT molecular complexity index is 388. The van der Waals surface area contributed by atoms with Crippen LogP contribution in [-0.2, 0) is 4.79 Å². The number of hydrogen-bond acceptors (Lipinski definition) is 2. The predicted octanol–water partition coefficient (Wildman–Crippen LogP) is 2.78. The maximum atomic E-state index is 11.6. The number of carbonyl (C=O) groups excluding carboxylic acids is 1. The van der Waals surface area contributed by atoms with E-state index in [9.17, 15) is 4.79 Å². The van der Waals surface area contributed by atoms with E-state index in [1.807, 2.05) is 13.0 Å². The molecule has 1 aliphatic carbocycles. The van der Waals surface area contributed by atoms with E-state index in [0.29, 0.717) is 5.15 Å². The van der Waals surface area contributed by atoms with Crippen molar-refractivity contribution < 1.29 is 4.79 Å². The lowest BCUT2D eigenvalue weighted by Crippen LogP contribution is -2.28. The molecule has 0 spiro atoms. The zero-order valence-corrected chi connectivity index (χ0v) is 9.34. The lowest BCUT2D eigenvalue weighted by atomic mass is 9.85. The van der Waals surface area contributed by atoms with Gasteiger partial charge in [0.2, 0.25) is 5.91 Å². The molecule has 2 rings (SSSR count). The molecule has 15 heavy (non-hydrogen) atoms. The van der Waals surface area contributed by atoms with E-state index in [-0.39, 0.29) is 11.8 Å². The fraction of sp³-hybridized carbons (Fsp3) is 0.455. The first-order chi connectivity index (χ1) is 7.16. The smallest absolute Gasteiger partial charge is 0.227 e. The Hall–Kier alpha value is -1.09. The quantitative estimate of drug-likeness (QED) is 0.785. The topological polar surface area (TPSA) is 42.0 Å². The van der Waals surface area contributed by atoms with Gasteiger partial charge in [0.25, 0.3) is 0 Å². The van der Waals surface area contributed by atoms with Crippen LogP contribution in [0.3, 0.4) is 0 Å². The average molecular weight is 225 g/mol. The minimum Gasteiger partial charge on any atom is -0.324 e. The Labute approximate surface area is 93.8 Å². The first kappa shape index (κ1) is 10.4. The highest BCUT2D eigenvalue weighted by atomic mass is 35.5. The van der Waals surface area contributed by atoms with Crippen molar-refractivity contribution in [2.75, 3.05) is 5.32 Å². The maximum absolute atomic E-state index is 11.6. The van der Waals surface area contributed by atoms with Crippen molar-refractivity contribution in [1.29, 1.82) is 0 Å². The normalized spacial score (nSPS) is 15.9. The van der Waals surface area contributed by atoms with Crippen LogP contribution in [0.15, 0.2) is 12.3 Å². The van der Waals surface area contributed by atoms with Crippen molar-refractivity contribution >= 4 is 23.2 Å². The van der Waals surface area contributed by atoms with E-state index >= 15 is 0 Å². The summed E-state index contributed by atoms with van der Waals surface area (Å²) in [7, 11) is 0. The third-order valence-electron chi connectivity index (χ3n) is 2.76. The average Bonchev–Trinajstić information content (AvgIpc) is 2.08. The Morgan fingerprint density at radius 1 is 1.60 bits per heavy atom. The summed E-state index contributed by atoms with van der Waals surface area (Å²) < 4.78 is 0. The number of pyridine rings is 1. The molecule has 1 aromatic rings. The van der Waals surface area contributed by atoms with Crippen LogP contribution in [0, 0.1) is 12.8 Å². The van der Waals surface area contributed by atoms with E-state index in [1.54, 1.807) is 6.20 Å². The SMILES string of the molecule is Cc1cc(NC(=O)C2CCC2)cnc1Cl. The van der Waals surface area contributed by atoms with Gasteiger partial charge in [-0.1, -0.05) is 18.0 Å². The molecule has 0 aromatic carbocycles. The zero-order valence-electron chi connectivity index (χ0n) is 8.59. The van der Waals surface area contributed by atoms with E-state index in [1.165, 1.54) is 0 Å². The highest BCUT2D eigenvalue weighted by Gasteiger charge is 2.25. The molecule has 1 amide bonds. The molecule has 0 atom stereocenters. The molecule has 1 N–H and O–H groups in total. The second-order valence-corrected chi connectivity index (χ2v) is 4.31. The predicted molar refractivity (Wildman–Crippen MR) is 60.0 cm³/mol. The van der Waals surface area contributed by atoms with Crippen LogP contribution in [-0.4, -0.2) is 10.9 Å². The molecule has 0 unspecified atom stereocenters. The summed E-state index contributed by atoms with van der Waals surface area (Å²) in [6.07, 6.45) is 4.76. The van der Waals surface area contributed by atoms with Gasteiger partial charge in [0.05, 0.1) is 11.9 Å². The van der Waals surface area contributed by atoms with Crippen molar-refractivity contribution in [3.05, 3.63) is 23.0 Å². The van der Waals surface area contributed by atoms with Gasteiger partial charge >= 0.3 is 0 Å². The molecule has 4 heteroatoms. The minimum atomic E-state index is 0.102. The molecule has 80 valence electrons. The number of anilines is 1. The first-order valence-corrected chi connectivity index (χ1v) is 5.47. The van der Waals surface area contributed by atoms with E-state index in [4.69, 9.17) is 11.6 Å². The molecule has 1 aliphatic rings. The summed E-state index contributed by atoms with van der Waals surface area (Å²) >= 11 is 5.79. The van der Waals surface area contributed by atoms with Gasteiger partial charge in [-0.15, -0.1) is 0 Å². The van der Waals surface area contributed by atoms with Crippen LogP contribution < -0.4 is 5.32 Å². The molecule has 0 saturated heterocycles. The largest absolute Gasteiger partial charge is 0.324 e. The van der Waals surface area contributed by atoms with Crippen molar-refractivity contribution in [2.45, 2.75) is 26.2 Å². The van der Waals surface area contributed by atoms with Crippen LogP contribution in [0.25, 0.3) is 0 Å². The second kappa shape index (κ2) is 4.19. The summed E-state index contributed by atoms with van der Waals surface area (Å²) in [5, 5.41) is 3.33. The third-order valence-corrected chi connectivity index (χ3v) is 3.15. The van der Waals surface area contributed by atoms with Crippen molar-refractivity contribution in [1.82, 2.24) is 4.98 Å². The number of amides is 1. The lowest BCUT2D eigenvalue weighted by molar-refractivity contribution is -0.122. The molecule has 1 aromatic heterocycles. The number of nitrogens with zero attached hydrogens (tertiary/aromatic N) is 1. The van der Waals surface area contributed by atoms with Gasteiger partial charge in [-0.3, -0.25) is 4.79 Å². The summed E-state index contributed by atoms with van der Waals surface area (Å²) in [5.41, 5.74) is 1.61. The summed E-state index contributed by atoms with van der Waals surface area (Å²) in [6, 6.07) is 1.84. The first-order valence-electron chi connectivity index (χ1n) is 5.10. The van der Waals surface area contributed by atoms with Crippen LogP contribution in [0.5, 0.6) is 0 Å². The van der Waals surface area contributed by atoms with Crippen molar-refractivity contribution in [3.63, 3.8) is 0 Å². The number of aromatic nitrogens is 1. The molecular formula is C11H13ClN2O. The van der Waals surface area contributed by atoms with Gasteiger partial charge < -0.3 is 5.32 Å². The Kier molecular flexibility index (Phi) is 2.91. The number of halogens is 1. The molecule has 1 saturated carbocycles. The summed E-state index contributed by atoms with van der Waals surface area (Å²) in [5.74, 6) is 0.297. The zero-order chi connectivity index (χ0) is 10.8. The summed E-state index contributed by atoms with van der Waals surface area (Å²) in [6.45, 7) is 1.87. The Balaban J connectivity index is 2.03. The molecular weight excluding hydrogens is 212 g/mol. The lowest BCUT2D eigenvalue weighted by Gasteiger charge is -2.24. The minimum absolute atomic E-state index is 0.102. The molecule has 3 nitrogen and oxygen atoms in total. The van der Waals surface area contributed by atoms with Crippen LogP contribution >= 0.6 is 11.6 Å². The van der Waals surface area contributed by atoms with Crippen LogP contribution in [0.2, 0.25) is 5.15 Å². The third kappa shape index (κ3) is 2.29. The fourth-order valence-electron chi connectivity index (χ4n) is 1.54. The molecule has 0 aliphatic heterocycles. The molecule has 0 radical (unpaired) electrons. The van der Waals surface area contributed by atoms with Crippen molar-refractivity contribution in [2.24, 2.45) is 5.92 Å². The second-order valence-electron chi connectivity index (χ2n) is 3.95. The number of rotatable bonds is 2. The monoisotopic (exact) mass is 224 g/mol. The van der Waals surface area contributed by atoms with Crippen LogP contribution in [0.1, 0.15) is 24.8 Å². The van der Waals surface area contributed by atoms with Gasteiger partial charge in [-0.25, -0.2) is 4.98 Å². The van der Waals surface area contributed by atoms with Crippen LogP contribution in [0.4, 0.5) is 5.69 Å². The van der Waals surface area contributed by atoms with E-state index < -0.39 is 0 Å². The highest BCUT2D eigenvalue weighted by Crippen LogP contribution is 2.27. The Morgan fingerprint density at radius 3 is 2.87 bits per heavy atom. The number of nitrogens with one attached hydrogen (secondary N) is 1. The van der Waals surface area contributed by atoms with Crippen molar-refractivity contribution in [3.8, 4) is 0 Å². The standard InChI is InChI=1S/C11H13ClN2O/c1-7-5-9(6-13-10(7)12)14-11(15)8-3-2-4-8/h5-6,8H,2-4H2,1H3,(H,14,15). The van der Waals surface area contributed by atoms with Gasteiger partial charge in [-0.2, -0.15) is 0 Å². The number of aryl methyl sites for hydroxylation is 1.